The molecular formula is C26H32O11. The highest BCUT2D eigenvalue weighted by molar-refractivity contribution is 5.75. The van der Waals surface area contributed by atoms with Gasteiger partial charge in [-0.2, -0.15) is 0 Å². The minimum atomic E-state index is -1.57. The monoisotopic (exact) mass is 520 g/mol. The molecule has 11 heteroatoms. The maximum Gasteiger partial charge on any atom is 0.309 e. The van der Waals surface area contributed by atoms with Gasteiger partial charge in [-0.05, 0) is 48.2 Å². The van der Waals surface area contributed by atoms with E-state index in [1.54, 1.807) is 36.4 Å². The standard InChI is InChI=1S/C26H32O11/c1-33-19-9-13(3-5-17(19)28)7-15-12-35-25(32)16(15)8-14-4-6-18(20(10-14)34-2)36-26-24(31)23(30)22(29)21(11-27)37-26/h3-6,9-10,15-16,21-24,26-31H,7-8,11-12H2,1-2H3/t15-,16+,21-,22-,23+,24+,26-/m1/s1. The van der Waals surface area contributed by atoms with Gasteiger partial charge >= 0.3 is 5.97 Å². The Morgan fingerprint density at radius 3 is 2.27 bits per heavy atom. The van der Waals surface area contributed by atoms with E-state index in [4.69, 9.17) is 23.7 Å². The van der Waals surface area contributed by atoms with E-state index < -0.39 is 43.2 Å². The normalized spacial score (nSPS) is 29.6. The van der Waals surface area contributed by atoms with Crippen LogP contribution in [0.4, 0.5) is 0 Å². The molecule has 2 fully saturated rings. The zero-order valence-corrected chi connectivity index (χ0v) is 20.5. The Kier molecular flexibility index (Phi) is 8.40. The van der Waals surface area contributed by atoms with E-state index in [0.717, 1.165) is 11.1 Å². The van der Waals surface area contributed by atoms with Crippen molar-refractivity contribution in [1.82, 2.24) is 0 Å². The van der Waals surface area contributed by atoms with Gasteiger partial charge in [0.2, 0.25) is 6.29 Å². The van der Waals surface area contributed by atoms with E-state index in [-0.39, 0.29) is 30.0 Å². The topological polar surface area (TPSA) is 164 Å². The maximum atomic E-state index is 12.5. The predicted octanol–water partition coefficient (Wildman–Crippen LogP) is 0.163. The van der Waals surface area contributed by atoms with E-state index in [2.05, 4.69) is 0 Å². The molecule has 0 spiro atoms. The number of carbonyl (C=O) groups is 1. The summed E-state index contributed by atoms with van der Waals surface area (Å²) in [6.07, 6.45) is -6.14. The first-order valence-corrected chi connectivity index (χ1v) is 11.9. The molecule has 2 aliphatic heterocycles. The van der Waals surface area contributed by atoms with Gasteiger partial charge in [0.1, 0.15) is 24.4 Å². The molecule has 5 N–H and O–H groups in total. The van der Waals surface area contributed by atoms with Crippen molar-refractivity contribution in [3.05, 3.63) is 47.5 Å². The molecule has 0 bridgehead atoms. The number of cyclic esters (lactones) is 1. The lowest BCUT2D eigenvalue weighted by Crippen LogP contribution is -2.60. The zero-order chi connectivity index (χ0) is 26.7. The van der Waals surface area contributed by atoms with E-state index in [1.165, 1.54) is 14.2 Å². The molecule has 2 saturated heterocycles. The van der Waals surface area contributed by atoms with E-state index in [1.807, 2.05) is 0 Å². The second-order valence-corrected chi connectivity index (χ2v) is 9.21. The second kappa shape index (κ2) is 11.5. The highest BCUT2D eigenvalue weighted by atomic mass is 16.7. The first-order valence-electron chi connectivity index (χ1n) is 11.9. The summed E-state index contributed by atoms with van der Waals surface area (Å²) in [6, 6.07) is 10.1. The van der Waals surface area contributed by atoms with Crippen LogP contribution < -0.4 is 14.2 Å². The van der Waals surface area contributed by atoms with Crippen molar-refractivity contribution < 1.29 is 54.0 Å². The Balaban J connectivity index is 1.47. The van der Waals surface area contributed by atoms with Gasteiger partial charge in [-0.1, -0.05) is 12.1 Å². The number of methoxy groups -OCH3 is 2. The van der Waals surface area contributed by atoms with Crippen molar-refractivity contribution in [3.8, 4) is 23.0 Å². The fraction of sp³-hybridized carbons (Fsp3) is 0.500. The Morgan fingerprint density at radius 1 is 0.892 bits per heavy atom. The Hall–Kier alpha value is -3.09. The lowest BCUT2D eigenvalue weighted by molar-refractivity contribution is -0.277. The fourth-order valence-corrected chi connectivity index (χ4v) is 4.69. The summed E-state index contributed by atoms with van der Waals surface area (Å²) in [5, 5.41) is 49.5. The average Bonchev–Trinajstić information content (AvgIpc) is 3.24. The van der Waals surface area contributed by atoms with Gasteiger partial charge in [0.05, 0.1) is 33.4 Å². The molecule has 2 aromatic carbocycles. The minimum absolute atomic E-state index is 0.0414. The van der Waals surface area contributed by atoms with Gasteiger partial charge in [-0.25, -0.2) is 0 Å². The molecule has 0 aliphatic carbocycles. The predicted molar refractivity (Wildman–Crippen MR) is 127 cm³/mol. The molecule has 11 nitrogen and oxygen atoms in total. The number of phenolic OH excluding ortho intramolecular Hbond substituents is 1. The molecule has 0 radical (unpaired) electrons. The third kappa shape index (κ3) is 5.76. The molecule has 0 aromatic heterocycles. The number of ether oxygens (including phenoxy) is 5. The molecule has 0 unspecified atom stereocenters. The largest absolute Gasteiger partial charge is 0.504 e. The Morgan fingerprint density at radius 2 is 1.57 bits per heavy atom. The van der Waals surface area contributed by atoms with Gasteiger partial charge < -0.3 is 49.2 Å². The van der Waals surface area contributed by atoms with Crippen LogP contribution >= 0.6 is 0 Å². The van der Waals surface area contributed by atoms with Crippen molar-refractivity contribution in [2.75, 3.05) is 27.4 Å². The first-order chi connectivity index (χ1) is 17.7. The van der Waals surface area contributed by atoms with Crippen molar-refractivity contribution >= 4 is 5.97 Å². The highest BCUT2D eigenvalue weighted by Gasteiger charge is 2.45. The molecule has 37 heavy (non-hydrogen) atoms. The maximum absolute atomic E-state index is 12.5. The van der Waals surface area contributed by atoms with Crippen LogP contribution in [0.2, 0.25) is 0 Å². The first kappa shape index (κ1) is 27.0. The molecule has 7 atom stereocenters. The zero-order valence-electron chi connectivity index (χ0n) is 20.5. The third-order valence-electron chi connectivity index (χ3n) is 6.83. The summed E-state index contributed by atoms with van der Waals surface area (Å²) >= 11 is 0. The van der Waals surface area contributed by atoms with Gasteiger partial charge in [-0.3, -0.25) is 4.79 Å². The lowest BCUT2D eigenvalue weighted by atomic mass is 9.85. The molecule has 2 aromatic rings. The number of aromatic hydroxyl groups is 1. The second-order valence-electron chi connectivity index (χ2n) is 9.21. The summed E-state index contributed by atoms with van der Waals surface area (Å²) in [5.41, 5.74) is 1.69. The molecule has 2 aliphatic rings. The quantitative estimate of drug-likeness (QED) is 0.286. The number of aliphatic hydroxyl groups is 4. The average molecular weight is 521 g/mol. The van der Waals surface area contributed by atoms with Gasteiger partial charge in [0.25, 0.3) is 0 Å². The van der Waals surface area contributed by atoms with Crippen LogP contribution in [0.5, 0.6) is 23.0 Å². The van der Waals surface area contributed by atoms with Crippen LogP contribution in [0, 0.1) is 11.8 Å². The summed E-state index contributed by atoms with van der Waals surface area (Å²) in [4.78, 5) is 12.5. The molecule has 4 rings (SSSR count). The molecule has 0 amide bonds. The molecular weight excluding hydrogens is 488 g/mol. The van der Waals surface area contributed by atoms with Crippen LogP contribution in [0.25, 0.3) is 0 Å². The number of phenols is 1. The van der Waals surface area contributed by atoms with E-state index >= 15 is 0 Å². The number of carbonyl (C=O) groups excluding carboxylic acids is 1. The van der Waals surface area contributed by atoms with Crippen LogP contribution in [-0.2, 0) is 27.1 Å². The van der Waals surface area contributed by atoms with E-state index in [9.17, 15) is 30.3 Å². The highest BCUT2D eigenvalue weighted by Crippen LogP contribution is 2.36. The van der Waals surface area contributed by atoms with E-state index in [0.29, 0.717) is 24.3 Å². The number of esters is 1. The SMILES string of the molecule is COc1cc(C[C@@H]2COC(=O)[C@H]2Cc2ccc(O[C@@H]3O[C@H](CO)[C@@H](O)[C@H](O)[C@@H]3O)c(OC)c2)ccc1O. The van der Waals surface area contributed by atoms with Gasteiger partial charge in [-0.15, -0.1) is 0 Å². The molecule has 2 heterocycles. The van der Waals surface area contributed by atoms with Crippen molar-refractivity contribution in [2.24, 2.45) is 11.8 Å². The third-order valence-corrected chi connectivity index (χ3v) is 6.83. The van der Waals surface area contributed by atoms with Crippen molar-refractivity contribution in [2.45, 2.75) is 43.5 Å². The minimum Gasteiger partial charge on any atom is -0.504 e. The smallest absolute Gasteiger partial charge is 0.309 e. The molecule has 0 saturated carbocycles. The lowest BCUT2D eigenvalue weighted by Gasteiger charge is -2.39. The number of aliphatic hydroxyl groups excluding tert-OH is 4. The number of hydrogen-bond acceptors (Lipinski definition) is 11. The number of benzene rings is 2. The summed E-state index contributed by atoms with van der Waals surface area (Å²) in [6.45, 7) is -0.293. The van der Waals surface area contributed by atoms with Gasteiger partial charge in [0.15, 0.2) is 23.0 Å². The van der Waals surface area contributed by atoms with Crippen LogP contribution in [0.3, 0.4) is 0 Å². The van der Waals surface area contributed by atoms with Gasteiger partial charge in [0, 0.05) is 5.92 Å². The van der Waals surface area contributed by atoms with Crippen LogP contribution in [0.1, 0.15) is 11.1 Å². The number of rotatable bonds is 9. The van der Waals surface area contributed by atoms with Crippen LogP contribution in [-0.4, -0.2) is 89.6 Å². The Labute approximate surface area is 213 Å². The van der Waals surface area contributed by atoms with Crippen LogP contribution in [0.15, 0.2) is 36.4 Å². The summed E-state index contributed by atoms with van der Waals surface area (Å²) in [5.74, 6) is 0.132. The van der Waals surface area contributed by atoms with Crippen molar-refractivity contribution in [1.29, 1.82) is 0 Å². The Bertz CT molecular complexity index is 1090. The summed E-state index contributed by atoms with van der Waals surface area (Å²) in [7, 11) is 2.91. The number of hydrogen-bond donors (Lipinski definition) is 5. The summed E-state index contributed by atoms with van der Waals surface area (Å²) < 4.78 is 27.1. The fourth-order valence-electron chi connectivity index (χ4n) is 4.69. The molecule has 202 valence electrons. The van der Waals surface area contributed by atoms with Crippen molar-refractivity contribution in [3.63, 3.8) is 0 Å².